The smallest absolute Gasteiger partial charge is 0.277 e. The highest BCUT2D eigenvalue weighted by molar-refractivity contribution is 7.13. The number of β-amino-alcohol motifs (C(OH)–C–C–N with tert-alkyl or cyclic N) is 1. The number of nitrogens with zero attached hydrogens (tertiary/aromatic N) is 3. The Morgan fingerprint density at radius 1 is 1.42 bits per heavy atom. The Bertz CT molecular complexity index is 1070. The zero-order valence-corrected chi connectivity index (χ0v) is 20.0. The Morgan fingerprint density at radius 2 is 2.15 bits per heavy atom. The Kier molecular flexibility index (Phi) is 6.62. The van der Waals surface area contributed by atoms with E-state index < -0.39 is 17.7 Å². The summed E-state index contributed by atoms with van der Waals surface area (Å²) < 4.78 is 0. The molecule has 4 rings (SSSR count). The number of amides is 2. The molecule has 33 heavy (non-hydrogen) atoms. The van der Waals surface area contributed by atoms with Gasteiger partial charge < -0.3 is 15.3 Å². The summed E-state index contributed by atoms with van der Waals surface area (Å²) in [6, 6.07) is 7.31. The predicted octanol–water partition coefficient (Wildman–Crippen LogP) is 1.75. The second-order valence-electron chi connectivity index (χ2n) is 8.68. The number of rotatable bonds is 7. The van der Waals surface area contributed by atoms with Gasteiger partial charge in [-0.05, 0) is 31.9 Å². The van der Waals surface area contributed by atoms with Gasteiger partial charge in [-0.2, -0.15) is 4.99 Å². The van der Waals surface area contributed by atoms with Crippen molar-refractivity contribution in [1.82, 2.24) is 20.7 Å². The number of carbonyl (C=O) groups excluding carboxylic acids is 2. The van der Waals surface area contributed by atoms with Crippen LogP contribution in [0, 0.1) is 6.92 Å². The number of benzene rings is 1. The number of likely N-dealkylation sites (tertiary alicyclic amines) is 1. The highest BCUT2D eigenvalue weighted by Crippen LogP contribution is 2.33. The molecule has 2 aromatic rings. The summed E-state index contributed by atoms with van der Waals surface area (Å²) in [5, 5.41) is 13.5. The lowest BCUT2D eigenvalue weighted by Crippen LogP contribution is -2.50. The zero-order chi connectivity index (χ0) is 23.8. The lowest BCUT2D eigenvalue weighted by molar-refractivity contribution is -0.135. The van der Waals surface area contributed by atoms with Gasteiger partial charge in [0.05, 0.1) is 40.8 Å². The Labute approximate surface area is 196 Å². The van der Waals surface area contributed by atoms with Crippen molar-refractivity contribution in [3.8, 4) is 10.4 Å². The molecule has 0 radical (unpaired) electrons. The number of aliphatic hydroxyl groups excluding tert-OH is 1. The van der Waals surface area contributed by atoms with Gasteiger partial charge in [-0.15, -0.1) is 11.3 Å². The number of hydrogen-bond donors (Lipinski definition) is 3. The number of thiazole rings is 1. The molecule has 2 amide bonds. The molecule has 4 atom stereocenters. The molecule has 1 fully saturated rings. The summed E-state index contributed by atoms with van der Waals surface area (Å²) in [6.45, 7) is 5.75. The monoisotopic (exact) mass is 471 g/mol. The molecule has 1 aromatic heterocycles. The summed E-state index contributed by atoms with van der Waals surface area (Å²) in [4.78, 5) is 42.4. The van der Waals surface area contributed by atoms with E-state index >= 15 is 0 Å². The number of aliphatic hydroxyl groups is 1. The maximum absolute atomic E-state index is 13.0. The SMILES string of the molecule is CNOC(C)CC(=O)N1C[C@H](O)CC1C1=NC(=O)[C@](C)(c2ccc(-c3scnc3C)cc2)N1. The molecule has 2 aliphatic heterocycles. The van der Waals surface area contributed by atoms with Crippen LogP contribution in [0.1, 0.15) is 37.9 Å². The van der Waals surface area contributed by atoms with Crippen LogP contribution >= 0.6 is 11.3 Å². The van der Waals surface area contributed by atoms with Gasteiger partial charge in [-0.25, -0.2) is 10.5 Å². The molecule has 10 heteroatoms. The van der Waals surface area contributed by atoms with Gasteiger partial charge >= 0.3 is 0 Å². The number of aryl methyl sites for hydroxylation is 1. The van der Waals surface area contributed by atoms with Crippen molar-refractivity contribution >= 4 is 29.0 Å². The topological polar surface area (TPSA) is 116 Å². The largest absolute Gasteiger partial charge is 0.391 e. The first-order valence-corrected chi connectivity index (χ1v) is 11.8. The van der Waals surface area contributed by atoms with Gasteiger partial charge in [-0.3, -0.25) is 14.4 Å². The minimum absolute atomic E-state index is 0.154. The Morgan fingerprint density at radius 3 is 2.79 bits per heavy atom. The molecule has 1 saturated heterocycles. The van der Waals surface area contributed by atoms with E-state index in [9.17, 15) is 14.7 Å². The number of amidine groups is 1. The van der Waals surface area contributed by atoms with E-state index in [0.29, 0.717) is 12.3 Å². The average Bonchev–Trinajstić information content (AvgIpc) is 3.46. The quantitative estimate of drug-likeness (QED) is 0.527. The maximum Gasteiger partial charge on any atom is 0.277 e. The first kappa shape index (κ1) is 23.5. The standard InChI is InChI=1S/C23H29N5O4S/c1-13(32-24-4)9-19(30)28-11-17(29)10-18(28)21-26-22(31)23(3,27-21)16-7-5-15(6-8-16)20-14(2)25-12-33-20/h5-8,12-13,17-18,24,29H,9-11H2,1-4H3,(H,26,27,31)/t13?,17-,18?,23+/m1/s1. The van der Waals surface area contributed by atoms with Crippen molar-refractivity contribution in [3.05, 3.63) is 41.0 Å². The van der Waals surface area contributed by atoms with Gasteiger partial charge in [0.2, 0.25) is 5.91 Å². The molecule has 176 valence electrons. The highest BCUT2D eigenvalue weighted by Gasteiger charge is 2.47. The molecule has 3 N–H and O–H groups in total. The molecule has 2 aliphatic rings. The normalized spacial score (nSPS) is 25.8. The van der Waals surface area contributed by atoms with Crippen molar-refractivity contribution in [3.63, 3.8) is 0 Å². The minimum atomic E-state index is -1.04. The van der Waals surface area contributed by atoms with Crippen LogP contribution in [-0.4, -0.2) is 64.5 Å². The van der Waals surface area contributed by atoms with Crippen LogP contribution < -0.4 is 10.8 Å². The number of nitrogens with one attached hydrogen (secondary N) is 2. The summed E-state index contributed by atoms with van der Waals surface area (Å²) in [7, 11) is 1.64. The number of carbonyl (C=O) groups is 2. The van der Waals surface area contributed by atoms with Crippen LogP contribution in [0.25, 0.3) is 10.4 Å². The summed E-state index contributed by atoms with van der Waals surface area (Å²) in [6.07, 6.45) is -0.521. The molecular formula is C23H29N5O4S. The zero-order valence-electron chi connectivity index (χ0n) is 19.2. The fourth-order valence-corrected chi connectivity index (χ4v) is 5.21. The first-order valence-electron chi connectivity index (χ1n) is 10.9. The third-order valence-electron chi connectivity index (χ3n) is 6.19. The van der Waals surface area contributed by atoms with E-state index in [1.165, 1.54) is 0 Å². The molecule has 0 aliphatic carbocycles. The van der Waals surface area contributed by atoms with Crippen LogP contribution in [0.5, 0.6) is 0 Å². The second kappa shape index (κ2) is 9.30. The van der Waals surface area contributed by atoms with E-state index in [2.05, 4.69) is 20.8 Å². The predicted molar refractivity (Wildman–Crippen MR) is 126 cm³/mol. The van der Waals surface area contributed by atoms with Gasteiger partial charge in [-0.1, -0.05) is 24.3 Å². The van der Waals surface area contributed by atoms with Crippen molar-refractivity contribution in [1.29, 1.82) is 0 Å². The Balaban J connectivity index is 1.52. The van der Waals surface area contributed by atoms with Gasteiger partial charge in [0.15, 0.2) is 0 Å². The lowest BCUT2D eigenvalue weighted by Gasteiger charge is -2.29. The van der Waals surface area contributed by atoms with Crippen molar-refractivity contribution in [2.45, 2.75) is 57.4 Å². The van der Waals surface area contributed by atoms with Crippen molar-refractivity contribution < 1.29 is 19.5 Å². The van der Waals surface area contributed by atoms with Gasteiger partial charge in [0.1, 0.15) is 11.4 Å². The van der Waals surface area contributed by atoms with E-state index in [-0.39, 0.29) is 30.9 Å². The molecule has 9 nitrogen and oxygen atoms in total. The van der Waals surface area contributed by atoms with Crippen LogP contribution in [0.15, 0.2) is 34.8 Å². The van der Waals surface area contributed by atoms with E-state index in [1.807, 2.05) is 36.7 Å². The van der Waals surface area contributed by atoms with Crippen LogP contribution in [-0.2, 0) is 20.0 Å². The molecular weight excluding hydrogens is 442 g/mol. The summed E-state index contributed by atoms with van der Waals surface area (Å²) in [5.41, 5.74) is 6.16. The number of aromatic nitrogens is 1. The third-order valence-corrected chi connectivity index (χ3v) is 7.17. The summed E-state index contributed by atoms with van der Waals surface area (Å²) >= 11 is 1.58. The van der Waals surface area contributed by atoms with Crippen LogP contribution in [0.3, 0.4) is 0 Å². The molecule has 0 bridgehead atoms. The number of aliphatic imine (C=N–C) groups is 1. The fourth-order valence-electron chi connectivity index (χ4n) is 4.40. The average molecular weight is 472 g/mol. The lowest BCUT2D eigenvalue weighted by atomic mass is 9.91. The number of hydrogen-bond acceptors (Lipinski definition) is 8. The minimum Gasteiger partial charge on any atom is -0.391 e. The van der Waals surface area contributed by atoms with E-state index in [0.717, 1.165) is 21.7 Å². The first-order chi connectivity index (χ1) is 15.7. The highest BCUT2D eigenvalue weighted by atomic mass is 32.1. The van der Waals surface area contributed by atoms with E-state index in [4.69, 9.17) is 4.84 Å². The van der Waals surface area contributed by atoms with Gasteiger partial charge in [0.25, 0.3) is 5.91 Å². The second-order valence-corrected chi connectivity index (χ2v) is 9.54. The Hall–Kier alpha value is -2.66. The van der Waals surface area contributed by atoms with Crippen LogP contribution in [0.4, 0.5) is 0 Å². The van der Waals surface area contributed by atoms with Gasteiger partial charge in [0, 0.05) is 20.0 Å². The molecule has 2 unspecified atom stereocenters. The fraction of sp³-hybridized carbons (Fsp3) is 0.478. The summed E-state index contributed by atoms with van der Waals surface area (Å²) in [5.74, 6) is -0.0639. The maximum atomic E-state index is 13.0. The van der Waals surface area contributed by atoms with Crippen LogP contribution in [0.2, 0.25) is 0 Å². The molecule has 0 saturated carbocycles. The molecule has 0 spiro atoms. The molecule has 3 heterocycles. The number of hydroxylamine groups is 1. The molecule has 1 aromatic carbocycles. The van der Waals surface area contributed by atoms with Crippen molar-refractivity contribution in [2.75, 3.05) is 13.6 Å². The van der Waals surface area contributed by atoms with Crippen molar-refractivity contribution in [2.24, 2.45) is 4.99 Å². The third kappa shape index (κ3) is 4.56. The van der Waals surface area contributed by atoms with E-state index in [1.54, 1.807) is 37.1 Å².